The zero-order valence-electron chi connectivity index (χ0n) is 11.6. The highest BCUT2D eigenvalue weighted by molar-refractivity contribution is 5.86. The van der Waals surface area contributed by atoms with Crippen molar-refractivity contribution in [1.29, 1.82) is 0 Å². The molecule has 0 spiro atoms. The third kappa shape index (κ3) is 3.93. The van der Waals surface area contributed by atoms with Crippen LogP contribution in [0.25, 0.3) is 0 Å². The van der Waals surface area contributed by atoms with Crippen LogP contribution < -0.4 is 11.1 Å². The lowest BCUT2D eigenvalue weighted by atomic mass is 9.92. The largest absolute Gasteiger partial charge is 0.368 e. The van der Waals surface area contributed by atoms with E-state index in [2.05, 4.69) is 5.32 Å². The van der Waals surface area contributed by atoms with E-state index in [9.17, 15) is 9.59 Å². The zero-order valence-corrected chi connectivity index (χ0v) is 11.6. The van der Waals surface area contributed by atoms with Crippen LogP contribution in [0.5, 0.6) is 0 Å². The van der Waals surface area contributed by atoms with E-state index in [1.54, 1.807) is 4.90 Å². The highest BCUT2D eigenvalue weighted by Gasteiger charge is 2.30. The first-order valence-corrected chi connectivity index (χ1v) is 7.48. The molecule has 1 atom stereocenters. The van der Waals surface area contributed by atoms with Crippen molar-refractivity contribution in [1.82, 2.24) is 10.2 Å². The Balaban J connectivity index is 1.81. The molecule has 1 unspecified atom stereocenters. The van der Waals surface area contributed by atoms with Crippen LogP contribution in [0.15, 0.2) is 0 Å². The molecular weight excluding hydrogens is 242 g/mol. The van der Waals surface area contributed by atoms with E-state index >= 15 is 0 Å². The summed E-state index contributed by atoms with van der Waals surface area (Å²) < 4.78 is 0. The van der Waals surface area contributed by atoms with E-state index in [1.807, 2.05) is 0 Å². The summed E-state index contributed by atoms with van der Waals surface area (Å²) in [6.07, 6.45) is 6.54. The number of hydrogen-bond donors (Lipinski definition) is 2. The molecule has 0 aromatic heterocycles. The maximum absolute atomic E-state index is 12.3. The zero-order chi connectivity index (χ0) is 13.7. The van der Waals surface area contributed by atoms with Crippen molar-refractivity contribution in [2.75, 3.05) is 19.6 Å². The number of carbonyl (C=O) groups is 2. The molecule has 0 bridgehead atoms. The molecule has 2 heterocycles. The number of primary amides is 1. The van der Waals surface area contributed by atoms with Crippen LogP contribution in [0, 0.1) is 5.92 Å². The number of nitrogens with two attached hydrogens (primary N) is 1. The summed E-state index contributed by atoms with van der Waals surface area (Å²) >= 11 is 0. The van der Waals surface area contributed by atoms with Gasteiger partial charge in [0, 0.05) is 13.0 Å². The summed E-state index contributed by atoms with van der Waals surface area (Å²) in [5, 5.41) is 3.33. The van der Waals surface area contributed by atoms with Gasteiger partial charge in [0.05, 0.1) is 0 Å². The Morgan fingerprint density at radius 1 is 1.16 bits per heavy atom. The van der Waals surface area contributed by atoms with Crippen LogP contribution in [0.4, 0.5) is 0 Å². The molecule has 5 heteroatoms. The molecule has 2 saturated heterocycles. The summed E-state index contributed by atoms with van der Waals surface area (Å²) in [6, 6.07) is -0.366. The Labute approximate surface area is 114 Å². The Hall–Kier alpha value is -1.10. The molecular formula is C14H25N3O2. The number of amides is 2. The second-order valence-corrected chi connectivity index (χ2v) is 5.73. The highest BCUT2D eigenvalue weighted by atomic mass is 16.2. The minimum Gasteiger partial charge on any atom is -0.368 e. The first-order chi connectivity index (χ1) is 9.18. The Bertz CT molecular complexity index is 327. The molecule has 2 aliphatic rings. The van der Waals surface area contributed by atoms with E-state index < -0.39 is 0 Å². The van der Waals surface area contributed by atoms with Gasteiger partial charge in [-0.15, -0.1) is 0 Å². The average Bonchev–Trinajstić information content (AvgIpc) is 2.46. The van der Waals surface area contributed by atoms with Crippen molar-refractivity contribution in [3.8, 4) is 0 Å². The maximum Gasteiger partial charge on any atom is 0.240 e. The van der Waals surface area contributed by atoms with Crippen LogP contribution in [-0.4, -0.2) is 42.4 Å². The molecule has 19 heavy (non-hydrogen) atoms. The Kier molecular flexibility index (Phi) is 5.19. The van der Waals surface area contributed by atoms with Crippen molar-refractivity contribution >= 4 is 11.8 Å². The fraction of sp³-hybridized carbons (Fsp3) is 0.857. The molecule has 3 N–H and O–H groups in total. The fourth-order valence-electron chi connectivity index (χ4n) is 3.17. The second-order valence-electron chi connectivity index (χ2n) is 5.73. The van der Waals surface area contributed by atoms with Crippen LogP contribution >= 0.6 is 0 Å². The number of nitrogens with one attached hydrogen (secondary N) is 1. The van der Waals surface area contributed by atoms with Gasteiger partial charge in [0.25, 0.3) is 0 Å². The normalized spacial score (nSPS) is 25.3. The number of hydrogen-bond acceptors (Lipinski definition) is 3. The summed E-state index contributed by atoms with van der Waals surface area (Å²) in [7, 11) is 0. The summed E-state index contributed by atoms with van der Waals surface area (Å²) in [4.78, 5) is 25.4. The topological polar surface area (TPSA) is 75.4 Å². The van der Waals surface area contributed by atoms with E-state index in [0.717, 1.165) is 51.6 Å². The van der Waals surface area contributed by atoms with Crippen LogP contribution in [0.3, 0.4) is 0 Å². The van der Waals surface area contributed by atoms with E-state index in [0.29, 0.717) is 18.9 Å². The molecule has 0 aromatic carbocycles. The first kappa shape index (κ1) is 14.3. The minimum absolute atomic E-state index is 0.113. The number of carbonyl (C=O) groups excluding carboxylic acids is 2. The number of piperidine rings is 2. The highest BCUT2D eigenvalue weighted by Crippen LogP contribution is 2.22. The van der Waals surface area contributed by atoms with Crippen molar-refractivity contribution in [3.63, 3.8) is 0 Å². The summed E-state index contributed by atoms with van der Waals surface area (Å²) in [5.74, 6) is 0.416. The fourth-order valence-corrected chi connectivity index (χ4v) is 3.17. The Morgan fingerprint density at radius 3 is 2.58 bits per heavy atom. The van der Waals surface area contributed by atoms with Gasteiger partial charge >= 0.3 is 0 Å². The molecule has 0 radical (unpaired) electrons. The molecule has 0 aliphatic carbocycles. The van der Waals surface area contributed by atoms with Crippen molar-refractivity contribution in [2.45, 2.75) is 51.0 Å². The molecule has 2 aliphatic heterocycles. The van der Waals surface area contributed by atoms with Gasteiger partial charge in [-0.2, -0.15) is 0 Å². The molecule has 0 saturated carbocycles. The minimum atomic E-state index is -0.366. The summed E-state index contributed by atoms with van der Waals surface area (Å²) in [6.45, 7) is 2.82. The SMILES string of the molecule is NC(=O)C1CCCCN1C(=O)CCC1CCNCC1. The van der Waals surface area contributed by atoms with Gasteiger partial charge in [-0.3, -0.25) is 9.59 Å². The average molecular weight is 267 g/mol. The predicted molar refractivity (Wildman–Crippen MR) is 73.4 cm³/mol. The first-order valence-electron chi connectivity index (χ1n) is 7.48. The lowest BCUT2D eigenvalue weighted by molar-refractivity contribution is -0.141. The maximum atomic E-state index is 12.3. The number of nitrogens with zero attached hydrogens (tertiary/aromatic N) is 1. The third-order valence-corrected chi connectivity index (χ3v) is 4.38. The molecule has 5 nitrogen and oxygen atoms in total. The van der Waals surface area contributed by atoms with Gasteiger partial charge < -0.3 is 16.0 Å². The van der Waals surface area contributed by atoms with Gasteiger partial charge in [-0.25, -0.2) is 0 Å². The van der Waals surface area contributed by atoms with Gasteiger partial charge in [0.1, 0.15) is 6.04 Å². The van der Waals surface area contributed by atoms with Crippen LogP contribution in [-0.2, 0) is 9.59 Å². The van der Waals surface area contributed by atoms with E-state index in [1.165, 1.54) is 0 Å². The molecule has 2 rings (SSSR count). The van der Waals surface area contributed by atoms with Crippen LogP contribution in [0.1, 0.15) is 44.9 Å². The van der Waals surface area contributed by atoms with Crippen molar-refractivity contribution in [2.24, 2.45) is 11.7 Å². The van der Waals surface area contributed by atoms with E-state index in [-0.39, 0.29) is 17.9 Å². The molecule has 108 valence electrons. The molecule has 2 fully saturated rings. The van der Waals surface area contributed by atoms with Crippen molar-refractivity contribution in [3.05, 3.63) is 0 Å². The van der Waals surface area contributed by atoms with Crippen molar-refractivity contribution < 1.29 is 9.59 Å². The quantitative estimate of drug-likeness (QED) is 0.784. The van der Waals surface area contributed by atoms with Gasteiger partial charge in [-0.1, -0.05) is 0 Å². The van der Waals surface area contributed by atoms with Gasteiger partial charge in [0.15, 0.2) is 0 Å². The lowest BCUT2D eigenvalue weighted by Crippen LogP contribution is -2.50. The third-order valence-electron chi connectivity index (χ3n) is 4.38. The van der Waals surface area contributed by atoms with Gasteiger partial charge in [0.2, 0.25) is 11.8 Å². The van der Waals surface area contributed by atoms with Gasteiger partial charge in [-0.05, 0) is 57.5 Å². The van der Waals surface area contributed by atoms with E-state index in [4.69, 9.17) is 5.73 Å². The summed E-state index contributed by atoms with van der Waals surface area (Å²) in [5.41, 5.74) is 5.39. The number of likely N-dealkylation sites (tertiary alicyclic amines) is 1. The standard InChI is InChI=1S/C14H25N3O2/c15-14(19)12-3-1-2-10-17(12)13(18)5-4-11-6-8-16-9-7-11/h11-12,16H,1-10H2,(H2,15,19). The second kappa shape index (κ2) is 6.89. The lowest BCUT2D eigenvalue weighted by Gasteiger charge is -2.34. The molecule has 0 aromatic rings. The predicted octanol–water partition coefficient (Wildman–Crippen LogP) is 0.633. The smallest absolute Gasteiger partial charge is 0.240 e. The Morgan fingerprint density at radius 2 is 1.89 bits per heavy atom. The number of rotatable bonds is 4. The monoisotopic (exact) mass is 267 g/mol. The molecule has 2 amide bonds. The van der Waals surface area contributed by atoms with Crippen LogP contribution in [0.2, 0.25) is 0 Å².